The highest BCUT2D eigenvalue weighted by Gasteiger charge is 2.50. The zero-order valence-corrected chi connectivity index (χ0v) is 22.6. The second-order valence-corrected chi connectivity index (χ2v) is 13.5. The fraction of sp³-hybridized carbons (Fsp3) is 0.400. The number of amidine groups is 1. The minimum Gasteiger partial charge on any atom is -0.444 e. The first-order valence-corrected chi connectivity index (χ1v) is 14.6. The van der Waals surface area contributed by atoms with E-state index in [1.54, 1.807) is 49.9 Å². The van der Waals surface area contributed by atoms with Crippen LogP contribution >= 0.6 is 23.4 Å². The molecule has 0 spiro atoms. The Bertz CT molecular complexity index is 1280. The van der Waals surface area contributed by atoms with Gasteiger partial charge in [-0.15, -0.1) is 0 Å². The molecule has 2 aliphatic heterocycles. The van der Waals surface area contributed by atoms with Gasteiger partial charge in [0, 0.05) is 11.7 Å². The number of nitrogens with one attached hydrogen (secondary N) is 1. The van der Waals surface area contributed by atoms with E-state index in [-0.39, 0.29) is 23.2 Å². The largest absolute Gasteiger partial charge is 0.444 e. The third-order valence-electron chi connectivity index (χ3n) is 5.66. The molecule has 2 fully saturated rings. The average Bonchev–Trinajstić information content (AvgIpc) is 3.24. The minimum atomic E-state index is -3.22. The first kappa shape index (κ1) is 26.5. The number of sulfone groups is 1. The third kappa shape index (κ3) is 6.41. The molecule has 8 nitrogen and oxygen atoms in total. The lowest BCUT2D eigenvalue weighted by Gasteiger charge is -2.26. The van der Waals surface area contributed by atoms with Crippen LogP contribution in [-0.2, 0) is 25.8 Å². The number of para-hydroxylation sites is 1. The summed E-state index contributed by atoms with van der Waals surface area (Å²) in [5.41, 5.74) is 0.696. The van der Waals surface area contributed by atoms with Crippen molar-refractivity contribution < 1.29 is 22.7 Å². The first-order valence-electron chi connectivity index (χ1n) is 11.5. The number of thioether (sulfide) groups is 1. The van der Waals surface area contributed by atoms with Crippen LogP contribution in [0.1, 0.15) is 26.3 Å². The number of ether oxygens (including phenoxy) is 1. The van der Waals surface area contributed by atoms with Crippen molar-refractivity contribution in [1.29, 1.82) is 0 Å². The molecule has 2 amide bonds. The summed E-state index contributed by atoms with van der Waals surface area (Å²) in [4.78, 5) is 32.1. The molecule has 0 radical (unpaired) electrons. The molecule has 2 aliphatic rings. The van der Waals surface area contributed by atoms with Crippen molar-refractivity contribution in [2.24, 2.45) is 4.99 Å². The number of fused-ring (bicyclic) bond motifs is 1. The number of alkyl carbamates (subject to hydrolysis) is 1. The molecule has 192 valence electrons. The Morgan fingerprint density at radius 1 is 1.14 bits per heavy atom. The molecule has 1 N–H and O–H groups in total. The molecular weight excluding hydrogens is 522 g/mol. The normalized spacial score (nSPS) is 22.8. The van der Waals surface area contributed by atoms with E-state index in [1.165, 1.54) is 11.8 Å². The minimum absolute atomic E-state index is 0.0000981. The molecule has 2 saturated heterocycles. The lowest BCUT2D eigenvalue weighted by molar-refractivity contribution is -0.119. The van der Waals surface area contributed by atoms with Crippen LogP contribution in [0.25, 0.3) is 0 Å². The van der Waals surface area contributed by atoms with Crippen molar-refractivity contribution >= 4 is 56.1 Å². The number of anilines is 1. The summed E-state index contributed by atoms with van der Waals surface area (Å²) in [7, 11) is -3.22. The molecule has 0 aromatic heterocycles. The standard InChI is InChI=1S/C25H28ClN3O5S2/c1-25(2,3)34-24(31)27-18(13-16-9-5-4-6-10-16)22(30)28-23-29(19-12-8-7-11-17(19)26)20-14-36(32,33)15-21(20)35-23/h4-12,18,20-21H,13-15H2,1-3H3,(H,27,31)/t18-,20+,21-/m0/s1. The van der Waals surface area contributed by atoms with Crippen LogP contribution in [0.3, 0.4) is 0 Å². The molecule has 0 aliphatic carbocycles. The van der Waals surface area contributed by atoms with Gasteiger partial charge >= 0.3 is 6.09 Å². The number of benzene rings is 2. The van der Waals surface area contributed by atoms with Gasteiger partial charge in [-0.2, -0.15) is 4.99 Å². The Morgan fingerprint density at radius 3 is 2.47 bits per heavy atom. The Hall–Kier alpha value is -2.56. The molecule has 2 heterocycles. The summed E-state index contributed by atoms with van der Waals surface area (Å²) in [5, 5.41) is 3.17. The highest BCUT2D eigenvalue weighted by molar-refractivity contribution is 8.16. The van der Waals surface area contributed by atoms with Crippen LogP contribution in [-0.4, -0.2) is 60.0 Å². The number of amides is 2. The zero-order valence-electron chi connectivity index (χ0n) is 20.2. The topological polar surface area (TPSA) is 105 Å². The maximum atomic E-state index is 13.5. The lowest BCUT2D eigenvalue weighted by Crippen LogP contribution is -2.45. The molecule has 0 bridgehead atoms. The van der Waals surface area contributed by atoms with Crippen LogP contribution in [0.5, 0.6) is 0 Å². The van der Waals surface area contributed by atoms with E-state index in [4.69, 9.17) is 16.3 Å². The predicted octanol–water partition coefficient (Wildman–Crippen LogP) is 4.08. The van der Waals surface area contributed by atoms with Gasteiger partial charge in [0.2, 0.25) is 0 Å². The van der Waals surface area contributed by atoms with Gasteiger partial charge in [-0.1, -0.05) is 65.8 Å². The van der Waals surface area contributed by atoms with E-state index < -0.39 is 39.5 Å². The van der Waals surface area contributed by atoms with Crippen LogP contribution in [0.2, 0.25) is 5.02 Å². The fourth-order valence-corrected chi connectivity index (χ4v) is 8.30. The Labute approximate surface area is 220 Å². The summed E-state index contributed by atoms with van der Waals surface area (Å²) in [6, 6.07) is 15.0. The summed E-state index contributed by atoms with van der Waals surface area (Å²) < 4.78 is 30.0. The van der Waals surface area contributed by atoms with Gasteiger partial charge in [0.15, 0.2) is 15.0 Å². The number of hydrogen-bond acceptors (Lipinski definition) is 6. The van der Waals surface area contributed by atoms with Crippen LogP contribution in [0.4, 0.5) is 10.5 Å². The van der Waals surface area contributed by atoms with Crippen molar-refractivity contribution in [2.45, 2.75) is 50.1 Å². The van der Waals surface area contributed by atoms with Crippen molar-refractivity contribution in [1.82, 2.24) is 5.32 Å². The average molecular weight is 550 g/mol. The van der Waals surface area contributed by atoms with Gasteiger partial charge < -0.3 is 15.0 Å². The van der Waals surface area contributed by atoms with E-state index in [9.17, 15) is 18.0 Å². The highest BCUT2D eigenvalue weighted by atomic mass is 35.5. The van der Waals surface area contributed by atoms with Crippen molar-refractivity contribution in [2.75, 3.05) is 16.4 Å². The predicted molar refractivity (Wildman–Crippen MR) is 143 cm³/mol. The van der Waals surface area contributed by atoms with E-state index in [0.29, 0.717) is 15.9 Å². The number of hydrogen-bond donors (Lipinski definition) is 1. The third-order valence-corrected chi connectivity index (χ3v) is 9.19. The summed E-state index contributed by atoms with van der Waals surface area (Å²) in [5.74, 6) is -0.612. The molecule has 4 rings (SSSR count). The van der Waals surface area contributed by atoms with Gasteiger partial charge in [-0.05, 0) is 38.5 Å². The monoisotopic (exact) mass is 549 g/mol. The van der Waals surface area contributed by atoms with E-state index in [2.05, 4.69) is 10.3 Å². The molecule has 36 heavy (non-hydrogen) atoms. The second-order valence-electron chi connectivity index (χ2n) is 9.74. The quantitative estimate of drug-likeness (QED) is 0.599. The van der Waals surface area contributed by atoms with Crippen molar-refractivity contribution in [3.05, 3.63) is 65.2 Å². The summed E-state index contributed by atoms with van der Waals surface area (Å²) in [6.45, 7) is 5.22. The fourth-order valence-electron chi connectivity index (χ4n) is 4.17. The molecule has 2 aromatic carbocycles. The lowest BCUT2D eigenvalue weighted by atomic mass is 10.1. The second kappa shape index (κ2) is 10.4. The molecule has 3 atom stereocenters. The number of aliphatic imine (C=N–C) groups is 1. The summed E-state index contributed by atoms with van der Waals surface area (Å²) >= 11 is 7.70. The SMILES string of the molecule is CC(C)(C)OC(=O)N[C@@H](Cc1ccccc1)C(=O)N=C1S[C@H]2CS(=O)(=O)C[C@H]2N1c1ccccc1Cl. The number of carbonyl (C=O) groups is 2. The van der Waals surface area contributed by atoms with E-state index in [1.807, 2.05) is 30.3 Å². The first-order chi connectivity index (χ1) is 16.9. The van der Waals surface area contributed by atoms with Gasteiger partial charge in [0.25, 0.3) is 5.91 Å². The maximum absolute atomic E-state index is 13.5. The number of rotatable bonds is 5. The van der Waals surface area contributed by atoms with E-state index in [0.717, 1.165) is 5.56 Å². The van der Waals surface area contributed by atoms with Gasteiger partial charge in [-0.3, -0.25) is 4.79 Å². The summed E-state index contributed by atoms with van der Waals surface area (Å²) in [6.07, 6.45) is -0.504. The van der Waals surface area contributed by atoms with Gasteiger partial charge in [-0.25, -0.2) is 13.2 Å². The van der Waals surface area contributed by atoms with Crippen LogP contribution in [0, 0.1) is 0 Å². The molecule has 11 heteroatoms. The molecule has 0 unspecified atom stereocenters. The van der Waals surface area contributed by atoms with Crippen molar-refractivity contribution in [3.8, 4) is 0 Å². The maximum Gasteiger partial charge on any atom is 0.408 e. The van der Waals surface area contributed by atoms with Crippen molar-refractivity contribution in [3.63, 3.8) is 0 Å². The number of nitrogens with zero attached hydrogens (tertiary/aromatic N) is 2. The Kier molecular flexibility index (Phi) is 7.68. The molecular formula is C25H28ClN3O5S2. The van der Waals surface area contributed by atoms with Gasteiger partial charge in [0.1, 0.15) is 11.6 Å². The zero-order chi connectivity index (χ0) is 26.1. The van der Waals surface area contributed by atoms with Crippen LogP contribution < -0.4 is 10.2 Å². The number of carbonyl (C=O) groups excluding carboxylic acids is 2. The Morgan fingerprint density at radius 2 is 1.81 bits per heavy atom. The Balaban J connectivity index is 1.66. The van der Waals surface area contributed by atoms with E-state index >= 15 is 0 Å². The van der Waals surface area contributed by atoms with Gasteiger partial charge in [0.05, 0.1) is 28.3 Å². The molecule has 2 aromatic rings. The highest BCUT2D eigenvalue weighted by Crippen LogP contribution is 2.43. The van der Waals surface area contributed by atoms with Crippen LogP contribution in [0.15, 0.2) is 59.6 Å². The molecule has 0 saturated carbocycles. The number of halogens is 1. The smallest absolute Gasteiger partial charge is 0.408 e.